The number of methoxy groups -OCH3 is 3. The SMILES string of the molecule is COc1ccc(/C(Cl)=C(\c2ccc(OC)cc2)c2cccc(OC)c2)cc1. The Bertz CT molecular complexity index is 929. The average Bonchev–Trinajstić information content (AvgIpc) is 2.74. The quantitative estimate of drug-likeness (QED) is 0.501. The zero-order valence-corrected chi connectivity index (χ0v) is 16.3. The Balaban J connectivity index is 2.17. The van der Waals surface area contributed by atoms with E-state index >= 15 is 0 Å². The van der Waals surface area contributed by atoms with Gasteiger partial charge in [-0.1, -0.05) is 35.9 Å². The van der Waals surface area contributed by atoms with E-state index in [1.807, 2.05) is 72.8 Å². The van der Waals surface area contributed by atoms with E-state index in [1.54, 1.807) is 21.3 Å². The molecule has 0 aromatic heterocycles. The molecule has 138 valence electrons. The van der Waals surface area contributed by atoms with Crippen molar-refractivity contribution < 1.29 is 14.2 Å². The topological polar surface area (TPSA) is 27.7 Å². The van der Waals surface area contributed by atoms with Crippen LogP contribution in [0.4, 0.5) is 0 Å². The highest BCUT2D eigenvalue weighted by molar-refractivity contribution is 6.53. The van der Waals surface area contributed by atoms with Crippen molar-refractivity contribution in [1.29, 1.82) is 0 Å². The van der Waals surface area contributed by atoms with Crippen LogP contribution in [0.1, 0.15) is 16.7 Å². The molecule has 0 aliphatic carbocycles. The summed E-state index contributed by atoms with van der Waals surface area (Å²) in [6, 6.07) is 23.4. The molecule has 0 amide bonds. The maximum atomic E-state index is 6.87. The van der Waals surface area contributed by atoms with E-state index in [4.69, 9.17) is 25.8 Å². The highest BCUT2D eigenvalue weighted by atomic mass is 35.5. The van der Waals surface area contributed by atoms with Gasteiger partial charge in [-0.05, 0) is 65.2 Å². The second kappa shape index (κ2) is 8.65. The predicted octanol–water partition coefficient (Wildman–Crippen LogP) is 5.87. The number of hydrogen-bond donors (Lipinski definition) is 0. The monoisotopic (exact) mass is 380 g/mol. The lowest BCUT2D eigenvalue weighted by atomic mass is 9.95. The van der Waals surface area contributed by atoms with Crippen LogP contribution < -0.4 is 14.2 Å². The summed E-state index contributed by atoms with van der Waals surface area (Å²) >= 11 is 6.87. The van der Waals surface area contributed by atoms with Gasteiger partial charge in [-0.15, -0.1) is 0 Å². The average molecular weight is 381 g/mol. The molecular weight excluding hydrogens is 360 g/mol. The Labute approximate surface area is 164 Å². The molecule has 4 heteroatoms. The molecular formula is C23H21ClO3. The Kier molecular flexibility index (Phi) is 6.05. The van der Waals surface area contributed by atoms with Gasteiger partial charge in [0, 0.05) is 5.57 Å². The largest absolute Gasteiger partial charge is 0.497 e. The predicted molar refractivity (Wildman–Crippen MR) is 111 cm³/mol. The van der Waals surface area contributed by atoms with E-state index < -0.39 is 0 Å². The molecule has 0 radical (unpaired) electrons. The van der Waals surface area contributed by atoms with Gasteiger partial charge in [0.05, 0.1) is 26.4 Å². The molecule has 0 fully saturated rings. The minimum Gasteiger partial charge on any atom is -0.497 e. The fourth-order valence-electron chi connectivity index (χ4n) is 2.84. The van der Waals surface area contributed by atoms with Gasteiger partial charge in [-0.2, -0.15) is 0 Å². The van der Waals surface area contributed by atoms with Gasteiger partial charge in [0.15, 0.2) is 0 Å². The molecule has 0 aliphatic heterocycles. The maximum absolute atomic E-state index is 6.87. The summed E-state index contributed by atoms with van der Waals surface area (Å²) in [5.41, 5.74) is 3.79. The first-order valence-electron chi connectivity index (χ1n) is 8.49. The van der Waals surface area contributed by atoms with Crippen molar-refractivity contribution in [3.8, 4) is 17.2 Å². The molecule has 0 heterocycles. The second-order valence-electron chi connectivity index (χ2n) is 5.88. The molecule has 0 unspecified atom stereocenters. The minimum atomic E-state index is 0.649. The van der Waals surface area contributed by atoms with Gasteiger partial charge >= 0.3 is 0 Å². The molecule has 0 N–H and O–H groups in total. The van der Waals surface area contributed by atoms with Crippen molar-refractivity contribution in [1.82, 2.24) is 0 Å². The summed E-state index contributed by atoms with van der Waals surface area (Å²) in [5, 5.41) is 0.649. The van der Waals surface area contributed by atoms with Gasteiger partial charge in [0.25, 0.3) is 0 Å². The number of hydrogen-bond acceptors (Lipinski definition) is 3. The summed E-state index contributed by atoms with van der Waals surface area (Å²) in [4.78, 5) is 0. The lowest BCUT2D eigenvalue weighted by molar-refractivity contribution is 0.414. The first kappa shape index (κ1) is 18.9. The van der Waals surface area contributed by atoms with Crippen molar-refractivity contribution in [2.75, 3.05) is 21.3 Å². The van der Waals surface area contributed by atoms with Crippen LogP contribution in [-0.2, 0) is 0 Å². The van der Waals surface area contributed by atoms with Crippen LogP contribution in [0.3, 0.4) is 0 Å². The fraction of sp³-hybridized carbons (Fsp3) is 0.130. The number of rotatable bonds is 6. The van der Waals surface area contributed by atoms with Crippen LogP contribution >= 0.6 is 11.6 Å². The zero-order valence-electron chi connectivity index (χ0n) is 15.5. The van der Waals surface area contributed by atoms with Crippen LogP contribution in [0.2, 0.25) is 0 Å². The van der Waals surface area contributed by atoms with E-state index in [2.05, 4.69) is 0 Å². The van der Waals surface area contributed by atoms with E-state index in [1.165, 1.54) is 0 Å². The summed E-state index contributed by atoms with van der Waals surface area (Å²) in [7, 11) is 4.95. The first-order chi connectivity index (χ1) is 13.2. The summed E-state index contributed by atoms with van der Waals surface area (Å²) in [6.07, 6.45) is 0. The van der Waals surface area contributed by atoms with Crippen LogP contribution in [0, 0.1) is 0 Å². The van der Waals surface area contributed by atoms with E-state index in [0.717, 1.165) is 39.5 Å². The third-order valence-electron chi connectivity index (χ3n) is 4.30. The molecule has 0 saturated heterocycles. The van der Waals surface area contributed by atoms with Gasteiger partial charge in [0.2, 0.25) is 0 Å². The molecule has 0 saturated carbocycles. The summed E-state index contributed by atoms with van der Waals surface area (Å²) in [5.74, 6) is 2.36. The zero-order chi connectivity index (χ0) is 19.2. The number of ether oxygens (including phenoxy) is 3. The Hall–Kier alpha value is -2.91. The van der Waals surface area contributed by atoms with E-state index in [0.29, 0.717) is 5.03 Å². The third-order valence-corrected chi connectivity index (χ3v) is 4.71. The van der Waals surface area contributed by atoms with Crippen LogP contribution in [0.25, 0.3) is 10.6 Å². The Morgan fingerprint density at radius 2 is 1.11 bits per heavy atom. The standard InChI is InChI=1S/C23H21ClO3/c1-25-19-11-7-16(8-12-19)22(18-5-4-6-21(15-18)27-3)23(24)17-9-13-20(26-2)14-10-17/h4-15H,1-3H3/b23-22-. The fourth-order valence-corrected chi connectivity index (χ4v) is 3.18. The van der Waals surface area contributed by atoms with Crippen LogP contribution in [0.5, 0.6) is 17.2 Å². The lowest BCUT2D eigenvalue weighted by Crippen LogP contribution is -1.94. The molecule has 0 spiro atoms. The Morgan fingerprint density at radius 3 is 1.63 bits per heavy atom. The highest BCUT2D eigenvalue weighted by Crippen LogP contribution is 2.37. The van der Waals surface area contributed by atoms with E-state index in [9.17, 15) is 0 Å². The molecule has 3 nitrogen and oxygen atoms in total. The van der Waals surface area contributed by atoms with Crippen molar-refractivity contribution in [2.24, 2.45) is 0 Å². The molecule has 0 atom stereocenters. The molecule has 3 aromatic carbocycles. The molecule has 3 aromatic rings. The third kappa shape index (κ3) is 4.26. The maximum Gasteiger partial charge on any atom is 0.119 e. The highest BCUT2D eigenvalue weighted by Gasteiger charge is 2.14. The minimum absolute atomic E-state index is 0.649. The summed E-state index contributed by atoms with van der Waals surface area (Å²) in [6.45, 7) is 0. The van der Waals surface area contributed by atoms with Crippen LogP contribution in [-0.4, -0.2) is 21.3 Å². The normalized spacial score (nSPS) is 11.6. The molecule has 27 heavy (non-hydrogen) atoms. The lowest BCUT2D eigenvalue weighted by Gasteiger charge is -2.14. The Morgan fingerprint density at radius 1 is 0.593 bits per heavy atom. The van der Waals surface area contributed by atoms with Crippen molar-refractivity contribution in [3.05, 3.63) is 89.5 Å². The first-order valence-corrected chi connectivity index (χ1v) is 8.87. The second-order valence-corrected chi connectivity index (χ2v) is 6.26. The number of halogens is 1. The van der Waals surface area contributed by atoms with Gasteiger partial charge in [-0.3, -0.25) is 0 Å². The summed E-state index contributed by atoms with van der Waals surface area (Å²) < 4.78 is 15.9. The van der Waals surface area contributed by atoms with E-state index in [-0.39, 0.29) is 0 Å². The van der Waals surface area contributed by atoms with Gasteiger partial charge < -0.3 is 14.2 Å². The smallest absolute Gasteiger partial charge is 0.119 e. The molecule has 3 rings (SSSR count). The van der Waals surface area contributed by atoms with Gasteiger partial charge in [0.1, 0.15) is 17.2 Å². The van der Waals surface area contributed by atoms with Gasteiger partial charge in [-0.25, -0.2) is 0 Å². The molecule has 0 aliphatic rings. The van der Waals surface area contributed by atoms with Crippen LogP contribution in [0.15, 0.2) is 72.8 Å². The number of benzene rings is 3. The van der Waals surface area contributed by atoms with Crippen molar-refractivity contribution in [3.63, 3.8) is 0 Å². The van der Waals surface area contributed by atoms with Crippen molar-refractivity contribution >= 4 is 22.2 Å². The van der Waals surface area contributed by atoms with Crippen molar-refractivity contribution in [2.45, 2.75) is 0 Å². The molecule has 0 bridgehead atoms.